The van der Waals surface area contributed by atoms with E-state index in [9.17, 15) is 8.42 Å². The van der Waals surface area contributed by atoms with E-state index in [0.717, 1.165) is 12.8 Å². The van der Waals surface area contributed by atoms with E-state index in [-0.39, 0.29) is 5.75 Å². The number of allylic oxidation sites excluding steroid dienone is 2. The molecule has 0 aromatic heterocycles. The normalized spacial score (nSPS) is 13.9. The van der Waals surface area contributed by atoms with Crippen LogP contribution in [0.25, 0.3) is 0 Å². The van der Waals surface area contributed by atoms with E-state index in [2.05, 4.69) is 19.1 Å². The Bertz CT molecular complexity index is 484. The van der Waals surface area contributed by atoms with Crippen molar-refractivity contribution in [3.05, 3.63) is 42.0 Å². The Morgan fingerprint density at radius 2 is 1.78 bits per heavy atom. The molecule has 1 unspecified atom stereocenters. The zero-order valence-electron chi connectivity index (χ0n) is 11.4. The number of rotatable bonds is 6. The van der Waals surface area contributed by atoms with Crippen LogP contribution in [0.4, 0.5) is 0 Å². The van der Waals surface area contributed by atoms with Gasteiger partial charge in [0.05, 0.1) is 10.6 Å². The summed E-state index contributed by atoms with van der Waals surface area (Å²) in [5, 5.41) is 0. The average Bonchev–Trinajstić information content (AvgIpc) is 2.40. The monoisotopic (exact) mass is 266 g/mol. The Labute approximate surface area is 111 Å². The number of benzene rings is 1. The summed E-state index contributed by atoms with van der Waals surface area (Å²) in [7, 11) is -3.08. The molecule has 0 bridgehead atoms. The molecule has 0 aliphatic carbocycles. The van der Waals surface area contributed by atoms with Gasteiger partial charge in [-0.3, -0.25) is 0 Å². The van der Waals surface area contributed by atoms with Crippen molar-refractivity contribution >= 4 is 9.84 Å². The van der Waals surface area contributed by atoms with Gasteiger partial charge < -0.3 is 0 Å². The van der Waals surface area contributed by atoms with Crippen LogP contribution in [-0.2, 0) is 9.84 Å². The molecule has 3 heteroatoms. The maximum Gasteiger partial charge on any atom is 0.178 e. The van der Waals surface area contributed by atoms with E-state index in [0.29, 0.717) is 10.8 Å². The number of hydrogen-bond acceptors (Lipinski definition) is 2. The van der Waals surface area contributed by atoms with Crippen molar-refractivity contribution in [3.63, 3.8) is 0 Å². The van der Waals surface area contributed by atoms with Crippen LogP contribution in [0.2, 0.25) is 0 Å². The second-order valence-corrected chi connectivity index (χ2v) is 6.66. The fourth-order valence-corrected chi connectivity index (χ4v) is 2.84. The molecule has 1 atom stereocenters. The first-order valence-corrected chi connectivity index (χ1v) is 8.14. The summed E-state index contributed by atoms with van der Waals surface area (Å²) in [5.41, 5.74) is 1.21. The first-order chi connectivity index (χ1) is 8.55. The molecular formula is C15H22O2S. The molecule has 0 aliphatic rings. The molecule has 0 fully saturated rings. The highest BCUT2D eigenvalue weighted by molar-refractivity contribution is 7.91. The predicted molar refractivity (Wildman–Crippen MR) is 76.6 cm³/mol. The Hall–Kier alpha value is -1.09. The Kier molecular flexibility index (Phi) is 5.60. The smallest absolute Gasteiger partial charge is 0.178 e. The van der Waals surface area contributed by atoms with Crippen molar-refractivity contribution < 1.29 is 8.42 Å². The molecule has 1 rings (SSSR count). The molecule has 0 saturated carbocycles. The molecule has 0 spiro atoms. The van der Waals surface area contributed by atoms with Gasteiger partial charge in [-0.15, -0.1) is 0 Å². The molecule has 100 valence electrons. The van der Waals surface area contributed by atoms with E-state index in [1.165, 1.54) is 5.56 Å². The highest BCUT2D eigenvalue weighted by Crippen LogP contribution is 2.25. The van der Waals surface area contributed by atoms with E-state index < -0.39 is 9.84 Å². The Morgan fingerprint density at radius 3 is 2.22 bits per heavy atom. The lowest BCUT2D eigenvalue weighted by Gasteiger charge is -2.13. The summed E-state index contributed by atoms with van der Waals surface area (Å²) in [6, 6.07) is 7.35. The second-order valence-electron chi connectivity index (χ2n) is 4.38. The fraction of sp³-hybridized carbons (Fsp3) is 0.467. The van der Waals surface area contributed by atoms with Gasteiger partial charge in [0.15, 0.2) is 9.84 Å². The van der Waals surface area contributed by atoms with Crippen LogP contribution < -0.4 is 0 Å². The maximum atomic E-state index is 11.7. The zero-order chi connectivity index (χ0) is 13.6. The van der Waals surface area contributed by atoms with E-state index in [1.807, 2.05) is 19.1 Å². The van der Waals surface area contributed by atoms with Gasteiger partial charge in [0.2, 0.25) is 0 Å². The van der Waals surface area contributed by atoms with E-state index in [4.69, 9.17) is 0 Å². The van der Waals surface area contributed by atoms with Crippen molar-refractivity contribution in [2.45, 2.75) is 44.4 Å². The van der Waals surface area contributed by atoms with Gasteiger partial charge >= 0.3 is 0 Å². The summed E-state index contributed by atoms with van der Waals surface area (Å²) in [4.78, 5) is 0.426. The largest absolute Gasteiger partial charge is 0.224 e. The third-order valence-electron chi connectivity index (χ3n) is 3.24. The first kappa shape index (κ1) is 15.0. The zero-order valence-corrected chi connectivity index (χ0v) is 12.2. The third kappa shape index (κ3) is 3.70. The Balaban J connectivity index is 2.94. The standard InChI is InChI=1S/C15H22O2S/c1-4-7-8-13(5-2)14-9-11-15(12-10-14)18(16,17)6-3/h4,7,9-13H,5-6,8H2,1-3H3/b7-4-. The van der Waals surface area contributed by atoms with Gasteiger partial charge in [-0.1, -0.05) is 38.1 Å². The Morgan fingerprint density at radius 1 is 1.17 bits per heavy atom. The predicted octanol–water partition coefficient (Wildman–Crippen LogP) is 3.94. The lowest BCUT2D eigenvalue weighted by molar-refractivity contribution is 0.597. The second kappa shape index (κ2) is 6.74. The van der Waals surface area contributed by atoms with Crippen molar-refractivity contribution in [2.24, 2.45) is 0 Å². The van der Waals surface area contributed by atoms with Crippen LogP contribution in [-0.4, -0.2) is 14.2 Å². The molecule has 1 aromatic rings. The maximum absolute atomic E-state index is 11.7. The van der Waals surface area contributed by atoms with E-state index in [1.54, 1.807) is 19.1 Å². The fourth-order valence-electron chi connectivity index (χ4n) is 1.95. The molecule has 0 saturated heterocycles. The van der Waals surface area contributed by atoms with Gasteiger partial charge in [0.25, 0.3) is 0 Å². The minimum atomic E-state index is -3.08. The van der Waals surface area contributed by atoms with Crippen LogP contribution in [0.5, 0.6) is 0 Å². The molecule has 0 aliphatic heterocycles. The van der Waals surface area contributed by atoms with Gasteiger partial charge in [0.1, 0.15) is 0 Å². The minimum Gasteiger partial charge on any atom is -0.224 e. The topological polar surface area (TPSA) is 34.1 Å². The molecule has 18 heavy (non-hydrogen) atoms. The molecule has 0 heterocycles. The minimum absolute atomic E-state index is 0.155. The van der Waals surface area contributed by atoms with Gasteiger partial charge in [-0.05, 0) is 43.4 Å². The molecule has 2 nitrogen and oxygen atoms in total. The molecular weight excluding hydrogens is 244 g/mol. The number of hydrogen-bond donors (Lipinski definition) is 0. The summed E-state index contributed by atoms with van der Waals surface area (Å²) >= 11 is 0. The lowest BCUT2D eigenvalue weighted by Crippen LogP contribution is -2.04. The van der Waals surface area contributed by atoms with Crippen molar-refractivity contribution in [2.75, 3.05) is 5.75 Å². The van der Waals surface area contributed by atoms with Crippen LogP contribution in [0.3, 0.4) is 0 Å². The van der Waals surface area contributed by atoms with Gasteiger partial charge in [-0.25, -0.2) is 8.42 Å². The van der Waals surface area contributed by atoms with Crippen LogP contribution in [0.15, 0.2) is 41.3 Å². The van der Waals surface area contributed by atoms with Crippen molar-refractivity contribution in [1.82, 2.24) is 0 Å². The quantitative estimate of drug-likeness (QED) is 0.731. The SMILES string of the molecule is C/C=C\CC(CC)c1ccc(S(=O)(=O)CC)cc1. The first-order valence-electron chi connectivity index (χ1n) is 6.49. The third-order valence-corrected chi connectivity index (χ3v) is 4.99. The van der Waals surface area contributed by atoms with E-state index >= 15 is 0 Å². The van der Waals surface area contributed by atoms with Crippen molar-refractivity contribution in [1.29, 1.82) is 0 Å². The highest BCUT2D eigenvalue weighted by Gasteiger charge is 2.13. The molecule has 0 amide bonds. The molecule has 0 N–H and O–H groups in total. The summed E-state index contributed by atoms with van der Waals surface area (Å²) in [6.45, 7) is 5.85. The molecule has 0 radical (unpaired) electrons. The highest BCUT2D eigenvalue weighted by atomic mass is 32.2. The van der Waals surface area contributed by atoms with Crippen molar-refractivity contribution in [3.8, 4) is 0 Å². The van der Waals surface area contributed by atoms with Crippen LogP contribution in [0.1, 0.15) is 45.1 Å². The lowest BCUT2D eigenvalue weighted by atomic mass is 9.93. The summed E-state index contributed by atoms with van der Waals surface area (Å²) in [5.74, 6) is 0.627. The van der Waals surface area contributed by atoms with Crippen LogP contribution in [0, 0.1) is 0 Å². The molecule has 1 aromatic carbocycles. The van der Waals surface area contributed by atoms with Gasteiger partial charge in [0, 0.05) is 0 Å². The number of sulfone groups is 1. The average molecular weight is 266 g/mol. The summed E-state index contributed by atoms with van der Waals surface area (Å²) in [6.07, 6.45) is 6.28. The van der Waals surface area contributed by atoms with Crippen LogP contribution >= 0.6 is 0 Å². The van der Waals surface area contributed by atoms with Gasteiger partial charge in [-0.2, -0.15) is 0 Å². The summed E-state index contributed by atoms with van der Waals surface area (Å²) < 4.78 is 23.4.